The van der Waals surface area contributed by atoms with Gasteiger partial charge in [-0.2, -0.15) is 4.98 Å². The molecule has 0 saturated carbocycles. The second-order valence-corrected chi connectivity index (χ2v) is 6.35. The molecular weight excluding hydrogens is 310 g/mol. The molecule has 2 aromatic carbocycles. The number of hydrogen-bond acceptors (Lipinski definition) is 4. The molecule has 0 unspecified atom stereocenters. The lowest BCUT2D eigenvalue weighted by Gasteiger charge is -2.04. The number of anilines is 2. The molecule has 0 aliphatic carbocycles. The van der Waals surface area contributed by atoms with Gasteiger partial charge in [-0.05, 0) is 44.0 Å². The molecule has 0 amide bonds. The Hall–Kier alpha value is -3.21. The summed E-state index contributed by atoms with van der Waals surface area (Å²) in [6.07, 6.45) is 3.56. The van der Waals surface area contributed by atoms with Gasteiger partial charge in [-0.15, -0.1) is 5.10 Å². The van der Waals surface area contributed by atoms with E-state index in [1.807, 2.05) is 6.20 Å². The minimum Gasteiger partial charge on any atom is -0.323 e. The Labute approximate surface area is 146 Å². The Bertz CT molecular complexity index is 1030. The molecule has 5 nitrogen and oxygen atoms in total. The van der Waals surface area contributed by atoms with Crippen LogP contribution in [0.1, 0.15) is 16.7 Å². The number of rotatable bonds is 3. The standard InChI is InChI=1S/C20H19N5/c1-13-4-6-16(7-5-13)18-19-23-20(24-25(19)9-8-21-18)22-17-11-14(2)10-15(3)12-17/h4-12H,1-3H3,(H,22,24). The summed E-state index contributed by atoms with van der Waals surface area (Å²) < 4.78 is 1.76. The quantitative estimate of drug-likeness (QED) is 0.603. The van der Waals surface area contributed by atoms with Gasteiger partial charge in [0.1, 0.15) is 5.69 Å². The van der Waals surface area contributed by atoms with Crippen LogP contribution in [0.4, 0.5) is 11.6 Å². The smallest absolute Gasteiger partial charge is 0.247 e. The third kappa shape index (κ3) is 3.08. The fraction of sp³-hybridized carbons (Fsp3) is 0.150. The summed E-state index contributed by atoms with van der Waals surface area (Å²) in [6.45, 7) is 6.23. The molecule has 4 rings (SSSR count). The molecule has 0 aliphatic heterocycles. The van der Waals surface area contributed by atoms with E-state index in [0.29, 0.717) is 5.95 Å². The Kier molecular flexibility index (Phi) is 3.69. The fourth-order valence-corrected chi connectivity index (χ4v) is 2.96. The first-order valence-electron chi connectivity index (χ1n) is 8.22. The van der Waals surface area contributed by atoms with Gasteiger partial charge in [0.2, 0.25) is 5.95 Å². The van der Waals surface area contributed by atoms with E-state index in [2.05, 4.69) is 83.6 Å². The van der Waals surface area contributed by atoms with E-state index in [1.54, 1.807) is 10.7 Å². The van der Waals surface area contributed by atoms with Crippen molar-refractivity contribution in [2.45, 2.75) is 20.8 Å². The summed E-state index contributed by atoms with van der Waals surface area (Å²) in [5.74, 6) is 0.561. The predicted octanol–water partition coefficient (Wildman–Crippen LogP) is 4.46. The Morgan fingerprint density at radius 2 is 1.60 bits per heavy atom. The van der Waals surface area contributed by atoms with Gasteiger partial charge in [-0.1, -0.05) is 35.9 Å². The van der Waals surface area contributed by atoms with Crippen LogP contribution in [0, 0.1) is 20.8 Å². The van der Waals surface area contributed by atoms with E-state index in [-0.39, 0.29) is 0 Å². The van der Waals surface area contributed by atoms with E-state index in [1.165, 1.54) is 16.7 Å². The van der Waals surface area contributed by atoms with Crippen molar-refractivity contribution in [3.05, 3.63) is 71.5 Å². The molecule has 0 saturated heterocycles. The van der Waals surface area contributed by atoms with Crippen molar-refractivity contribution in [3.8, 4) is 11.3 Å². The molecule has 0 atom stereocenters. The predicted molar refractivity (Wildman–Crippen MR) is 100 cm³/mol. The number of hydrogen-bond donors (Lipinski definition) is 1. The maximum atomic E-state index is 4.64. The highest BCUT2D eigenvalue weighted by atomic mass is 15.3. The maximum absolute atomic E-state index is 4.64. The monoisotopic (exact) mass is 329 g/mol. The van der Waals surface area contributed by atoms with Gasteiger partial charge in [0.15, 0.2) is 5.65 Å². The van der Waals surface area contributed by atoms with Crippen LogP contribution >= 0.6 is 0 Å². The summed E-state index contributed by atoms with van der Waals surface area (Å²) in [5, 5.41) is 7.82. The zero-order chi connectivity index (χ0) is 17.4. The van der Waals surface area contributed by atoms with E-state index < -0.39 is 0 Å². The van der Waals surface area contributed by atoms with Gasteiger partial charge < -0.3 is 5.32 Å². The average Bonchev–Trinajstić information content (AvgIpc) is 2.97. The molecule has 0 fully saturated rings. The number of nitrogens with one attached hydrogen (secondary N) is 1. The number of benzene rings is 2. The minimum atomic E-state index is 0.561. The SMILES string of the molecule is Cc1ccc(-c2nccn3nc(Nc4cc(C)cc(C)c4)nc23)cc1. The Morgan fingerprint density at radius 3 is 2.32 bits per heavy atom. The van der Waals surface area contributed by atoms with Crippen LogP contribution in [0.2, 0.25) is 0 Å². The Morgan fingerprint density at radius 1 is 0.880 bits per heavy atom. The van der Waals surface area contributed by atoms with Gasteiger partial charge in [0.05, 0.1) is 0 Å². The summed E-state index contributed by atoms with van der Waals surface area (Å²) in [7, 11) is 0. The lowest BCUT2D eigenvalue weighted by molar-refractivity contribution is 0.951. The van der Waals surface area contributed by atoms with Crippen LogP contribution in [-0.4, -0.2) is 19.6 Å². The van der Waals surface area contributed by atoms with Gasteiger partial charge >= 0.3 is 0 Å². The van der Waals surface area contributed by atoms with Crippen LogP contribution in [0.3, 0.4) is 0 Å². The van der Waals surface area contributed by atoms with Crippen molar-refractivity contribution in [2.24, 2.45) is 0 Å². The number of aromatic nitrogens is 4. The van der Waals surface area contributed by atoms with Gasteiger partial charge in [-0.25, -0.2) is 4.52 Å². The second kappa shape index (κ2) is 6.02. The van der Waals surface area contributed by atoms with E-state index >= 15 is 0 Å². The second-order valence-electron chi connectivity index (χ2n) is 6.35. The molecule has 25 heavy (non-hydrogen) atoms. The summed E-state index contributed by atoms with van der Waals surface area (Å²) in [4.78, 5) is 9.15. The van der Waals surface area contributed by atoms with Crippen LogP contribution in [0.25, 0.3) is 16.9 Å². The number of aryl methyl sites for hydroxylation is 3. The van der Waals surface area contributed by atoms with E-state index in [0.717, 1.165) is 22.6 Å². The zero-order valence-electron chi connectivity index (χ0n) is 14.5. The minimum absolute atomic E-state index is 0.561. The van der Waals surface area contributed by atoms with Crippen molar-refractivity contribution in [3.63, 3.8) is 0 Å². The first-order chi connectivity index (χ1) is 12.1. The molecule has 0 spiro atoms. The van der Waals surface area contributed by atoms with Crippen molar-refractivity contribution < 1.29 is 0 Å². The lowest BCUT2D eigenvalue weighted by atomic mass is 10.1. The van der Waals surface area contributed by atoms with Crippen LogP contribution < -0.4 is 5.32 Å². The normalized spacial score (nSPS) is 11.0. The maximum Gasteiger partial charge on any atom is 0.247 e. The molecule has 1 N–H and O–H groups in total. The van der Waals surface area contributed by atoms with Crippen LogP contribution in [0.15, 0.2) is 54.9 Å². The highest BCUT2D eigenvalue weighted by Crippen LogP contribution is 2.23. The Balaban J connectivity index is 1.75. The van der Waals surface area contributed by atoms with Gasteiger partial charge in [0.25, 0.3) is 0 Å². The summed E-state index contributed by atoms with van der Waals surface area (Å²) in [6, 6.07) is 14.6. The third-order valence-corrected chi connectivity index (χ3v) is 4.06. The van der Waals surface area contributed by atoms with Gasteiger partial charge in [0, 0.05) is 23.6 Å². The molecule has 124 valence electrons. The largest absolute Gasteiger partial charge is 0.323 e. The first kappa shape index (κ1) is 15.3. The summed E-state index contributed by atoms with van der Waals surface area (Å²) >= 11 is 0. The van der Waals surface area contributed by atoms with Crippen molar-refractivity contribution in [1.29, 1.82) is 0 Å². The van der Waals surface area contributed by atoms with Crippen molar-refractivity contribution in [1.82, 2.24) is 19.6 Å². The third-order valence-electron chi connectivity index (χ3n) is 4.06. The highest BCUT2D eigenvalue weighted by molar-refractivity contribution is 5.74. The number of nitrogens with zero attached hydrogens (tertiary/aromatic N) is 4. The van der Waals surface area contributed by atoms with Crippen molar-refractivity contribution in [2.75, 3.05) is 5.32 Å². The molecule has 0 bridgehead atoms. The molecular formula is C20H19N5. The average molecular weight is 329 g/mol. The van der Waals surface area contributed by atoms with Crippen molar-refractivity contribution >= 4 is 17.3 Å². The first-order valence-corrected chi connectivity index (χ1v) is 8.22. The topological polar surface area (TPSA) is 55.1 Å². The van der Waals surface area contributed by atoms with Gasteiger partial charge in [-0.3, -0.25) is 4.98 Å². The lowest BCUT2D eigenvalue weighted by Crippen LogP contribution is -1.94. The highest BCUT2D eigenvalue weighted by Gasteiger charge is 2.11. The molecule has 0 radical (unpaired) electrons. The van der Waals surface area contributed by atoms with E-state index in [4.69, 9.17) is 0 Å². The number of fused-ring (bicyclic) bond motifs is 1. The molecule has 0 aliphatic rings. The van der Waals surface area contributed by atoms with Crippen LogP contribution in [0.5, 0.6) is 0 Å². The molecule has 2 aromatic heterocycles. The van der Waals surface area contributed by atoms with Crippen LogP contribution in [-0.2, 0) is 0 Å². The zero-order valence-corrected chi connectivity index (χ0v) is 14.5. The molecule has 2 heterocycles. The molecule has 5 heteroatoms. The fourth-order valence-electron chi connectivity index (χ4n) is 2.96. The molecule has 4 aromatic rings. The summed E-state index contributed by atoms with van der Waals surface area (Å²) in [5.41, 5.74) is 7.19. The van der Waals surface area contributed by atoms with E-state index in [9.17, 15) is 0 Å².